The molecule has 4 rings (SSSR count). The fourth-order valence-electron chi connectivity index (χ4n) is 3.05. The molecule has 1 aliphatic heterocycles. The van der Waals surface area contributed by atoms with Crippen LogP contribution in [-0.4, -0.2) is 36.3 Å². The maximum absolute atomic E-state index is 6.18. The highest BCUT2D eigenvalue weighted by molar-refractivity contribution is 6.30. The summed E-state index contributed by atoms with van der Waals surface area (Å²) in [4.78, 5) is 10.9. The highest BCUT2D eigenvalue weighted by Crippen LogP contribution is 2.35. The lowest BCUT2D eigenvalue weighted by Gasteiger charge is -2.29. The molecule has 0 bridgehead atoms. The normalized spacial score (nSPS) is 15.0. The van der Waals surface area contributed by atoms with E-state index in [-0.39, 0.29) is 0 Å². The van der Waals surface area contributed by atoms with E-state index in [4.69, 9.17) is 22.1 Å². The van der Waals surface area contributed by atoms with Crippen molar-refractivity contribution in [2.45, 2.75) is 0 Å². The molecule has 0 atom stereocenters. The molecule has 1 aliphatic rings. The average molecular weight is 341 g/mol. The average Bonchev–Trinajstić information content (AvgIpc) is 2.62. The van der Waals surface area contributed by atoms with Crippen LogP contribution < -0.4 is 10.6 Å². The molecular weight excluding hydrogens is 324 g/mol. The van der Waals surface area contributed by atoms with E-state index in [0.29, 0.717) is 10.8 Å². The maximum Gasteiger partial charge on any atom is 0.134 e. The van der Waals surface area contributed by atoms with Crippen molar-refractivity contribution in [1.29, 1.82) is 0 Å². The quantitative estimate of drug-likeness (QED) is 0.775. The summed E-state index contributed by atoms with van der Waals surface area (Å²) < 4.78 is 5.45. The molecule has 5 nitrogen and oxygen atoms in total. The van der Waals surface area contributed by atoms with E-state index in [1.54, 1.807) is 0 Å². The van der Waals surface area contributed by atoms with Crippen LogP contribution in [0.5, 0.6) is 0 Å². The lowest BCUT2D eigenvalue weighted by molar-refractivity contribution is 0.122. The highest BCUT2D eigenvalue weighted by atomic mass is 35.5. The van der Waals surface area contributed by atoms with Crippen molar-refractivity contribution in [2.24, 2.45) is 0 Å². The summed E-state index contributed by atoms with van der Waals surface area (Å²) in [5.74, 6) is 0.485. The summed E-state index contributed by atoms with van der Waals surface area (Å²) in [6.07, 6.45) is 1.50. The molecule has 0 spiro atoms. The molecule has 0 unspecified atom stereocenters. The Morgan fingerprint density at radius 2 is 1.92 bits per heavy atom. The highest BCUT2D eigenvalue weighted by Gasteiger charge is 2.16. The number of nitrogens with zero attached hydrogens (tertiary/aromatic N) is 3. The van der Waals surface area contributed by atoms with E-state index >= 15 is 0 Å². The molecule has 122 valence electrons. The number of rotatable bonds is 2. The molecule has 1 aromatic heterocycles. The molecule has 2 N–H and O–H groups in total. The number of nitrogen functional groups attached to an aromatic ring is 1. The van der Waals surface area contributed by atoms with Gasteiger partial charge in [-0.05, 0) is 29.8 Å². The van der Waals surface area contributed by atoms with Crippen molar-refractivity contribution >= 4 is 34.0 Å². The monoisotopic (exact) mass is 340 g/mol. The van der Waals surface area contributed by atoms with Gasteiger partial charge in [0.25, 0.3) is 0 Å². The standard InChI is InChI=1S/C18H17ClN4O/c19-13-3-1-2-12(8-13)15-9-14(23-4-6-24-7-5-23)10-16-17(15)21-11-22-18(16)20/h1-3,8-11H,4-7H2,(H2,20,21,22). The predicted octanol–water partition coefficient (Wildman–Crippen LogP) is 3.37. The fraction of sp³-hybridized carbons (Fsp3) is 0.222. The zero-order valence-corrected chi connectivity index (χ0v) is 13.8. The lowest BCUT2D eigenvalue weighted by Crippen LogP contribution is -2.36. The van der Waals surface area contributed by atoms with Gasteiger partial charge in [0, 0.05) is 34.7 Å². The molecule has 0 saturated carbocycles. The van der Waals surface area contributed by atoms with Gasteiger partial charge in [0.05, 0.1) is 18.7 Å². The third kappa shape index (κ3) is 2.77. The zero-order valence-electron chi connectivity index (χ0n) is 13.1. The molecule has 1 fully saturated rings. The van der Waals surface area contributed by atoms with E-state index in [2.05, 4.69) is 27.0 Å². The summed E-state index contributed by atoms with van der Waals surface area (Å²) in [7, 11) is 0. The number of hydrogen-bond acceptors (Lipinski definition) is 5. The van der Waals surface area contributed by atoms with E-state index in [9.17, 15) is 0 Å². The summed E-state index contributed by atoms with van der Waals surface area (Å²) in [5.41, 5.74) is 10.1. The first-order valence-corrected chi connectivity index (χ1v) is 8.23. The Kier molecular flexibility index (Phi) is 3.96. The number of nitrogens with two attached hydrogens (primary N) is 1. The van der Waals surface area contributed by atoms with Gasteiger partial charge in [0.15, 0.2) is 0 Å². The molecule has 2 aromatic carbocycles. The van der Waals surface area contributed by atoms with Crippen LogP contribution in [0.25, 0.3) is 22.0 Å². The second-order valence-corrected chi connectivity index (χ2v) is 6.19. The minimum atomic E-state index is 0.485. The van der Waals surface area contributed by atoms with E-state index < -0.39 is 0 Å². The van der Waals surface area contributed by atoms with Gasteiger partial charge in [-0.3, -0.25) is 0 Å². The third-order valence-corrected chi connectivity index (χ3v) is 4.50. The Bertz CT molecular complexity index is 893. The Hall–Kier alpha value is -2.37. The van der Waals surface area contributed by atoms with Crippen LogP contribution in [-0.2, 0) is 4.74 Å². The van der Waals surface area contributed by atoms with Crippen molar-refractivity contribution in [3.05, 3.63) is 47.7 Å². The molecule has 0 radical (unpaired) electrons. The van der Waals surface area contributed by atoms with Gasteiger partial charge in [-0.25, -0.2) is 9.97 Å². The topological polar surface area (TPSA) is 64.3 Å². The van der Waals surface area contributed by atoms with Gasteiger partial charge in [0.1, 0.15) is 12.1 Å². The number of ether oxygens (including phenoxy) is 1. The number of hydrogen-bond donors (Lipinski definition) is 1. The Balaban J connectivity index is 1.94. The first-order valence-electron chi connectivity index (χ1n) is 7.85. The molecular formula is C18H17ClN4O. The van der Waals surface area contributed by atoms with Crippen molar-refractivity contribution in [3.63, 3.8) is 0 Å². The largest absolute Gasteiger partial charge is 0.383 e. The zero-order chi connectivity index (χ0) is 16.5. The molecule has 3 aromatic rings. The molecule has 6 heteroatoms. The van der Waals surface area contributed by atoms with E-state index in [0.717, 1.165) is 54.0 Å². The number of benzene rings is 2. The first-order chi connectivity index (χ1) is 11.7. The molecule has 1 saturated heterocycles. The number of anilines is 2. The van der Waals surface area contributed by atoms with Crippen LogP contribution in [0.3, 0.4) is 0 Å². The van der Waals surface area contributed by atoms with Crippen LogP contribution in [0.15, 0.2) is 42.7 Å². The Morgan fingerprint density at radius 3 is 2.71 bits per heavy atom. The SMILES string of the molecule is Nc1ncnc2c(-c3cccc(Cl)c3)cc(N3CCOCC3)cc12. The van der Waals surface area contributed by atoms with Gasteiger partial charge in [0.2, 0.25) is 0 Å². The van der Waals surface area contributed by atoms with Gasteiger partial charge < -0.3 is 15.4 Å². The van der Waals surface area contributed by atoms with Crippen molar-refractivity contribution in [1.82, 2.24) is 9.97 Å². The number of fused-ring (bicyclic) bond motifs is 1. The summed E-state index contributed by atoms with van der Waals surface area (Å²) in [6.45, 7) is 3.17. The number of morpholine rings is 1. The smallest absolute Gasteiger partial charge is 0.134 e. The maximum atomic E-state index is 6.18. The van der Waals surface area contributed by atoms with E-state index in [1.165, 1.54) is 6.33 Å². The van der Waals surface area contributed by atoms with Crippen LogP contribution in [0.2, 0.25) is 5.02 Å². The molecule has 2 heterocycles. The third-order valence-electron chi connectivity index (χ3n) is 4.27. The molecule has 0 aliphatic carbocycles. The Labute approximate surface area is 145 Å². The minimum absolute atomic E-state index is 0.485. The first kappa shape index (κ1) is 15.2. The second kappa shape index (κ2) is 6.26. The van der Waals surface area contributed by atoms with Gasteiger partial charge in [-0.15, -0.1) is 0 Å². The van der Waals surface area contributed by atoms with Crippen molar-refractivity contribution in [2.75, 3.05) is 36.9 Å². The minimum Gasteiger partial charge on any atom is -0.383 e. The fourth-order valence-corrected chi connectivity index (χ4v) is 3.24. The van der Waals surface area contributed by atoms with Crippen molar-refractivity contribution < 1.29 is 4.74 Å². The molecule has 0 amide bonds. The Morgan fingerprint density at radius 1 is 1.08 bits per heavy atom. The summed E-state index contributed by atoms with van der Waals surface area (Å²) in [6, 6.07) is 12.0. The van der Waals surface area contributed by atoms with Crippen LogP contribution in [0, 0.1) is 0 Å². The van der Waals surface area contributed by atoms with Crippen LogP contribution in [0.1, 0.15) is 0 Å². The number of aromatic nitrogens is 2. The predicted molar refractivity (Wildman–Crippen MR) is 97.4 cm³/mol. The second-order valence-electron chi connectivity index (χ2n) is 5.76. The van der Waals surface area contributed by atoms with Crippen LogP contribution in [0.4, 0.5) is 11.5 Å². The van der Waals surface area contributed by atoms with Gasteiger partial charge in [-0.2, -0.15) is 0 Å². The van der Waals surface area contributed by atoms with Crippen molar-refractivity contribution in [3.8, 4) is 11.1 Å². The summed E-state index contributed by atoms with van der Waals surface area (Å²) >= 11 is 6.18. The molecule has 24 heavy (non-hydrogen) atoms. The number of halogens is 1. The van der Waals surface area contributed by atoms with Gasteiger partial charge in [-0.1, -0.05) is 23.7 Å². The lowest BCUT2D eigenvalue weighted by atomic mass is 10.0. The van der Waals surface area contributed by atoms with E-state index in [1.807, 2.05) is 24.3 Å². The van der Waals surface area contributed by atoms with Gasteiger partial charge >= 0.3 is 0 Å². The summed E-state index contributed by atoms with van der Waals surface area (Å²) in [5, 5.41) is 1.55. The van der Waals surface area contributed by atoms with Crippen LogP contribution >= 0.6 is 11.6 Å².